The zero-order valence-electron chi connectivity index (χ0n) is 8.59. The molecule has 2 atom stereocenters. The van der Waals surface area contributed by atoms with E-state index in [-0.39, 0.29) is 11.8 Å². The summed E-state index contributed by atoms with van der Waals surface area (Å²) in [7, 11) is 0. The van der Waals surface area contributed by atoms with Crippen molar-refractivity contribution in [3.8, 4) is 0 Å². The fourth-order valence-electron chi connectivity index (χ4n) is 1.76. The lowest BCUT2D eigenvalue weighted by Gasteiger charge is -2.22. The van der Waals surface area contributed by atoms with E-state index in [1.54, 1.807) is 12.4 Å². The van der Waals surface area contributed by atoms with Crippen LogP contribution in [0.1, 0.15) is 0 Å². The van der Waals surface area contributed by atoms with Crippen LogP contribution in [0, 0.1) is 11.8 Å². The Balaban J connectivity index is 2.18. The summed E-state index contributed by atoms with van der Waals surface area (Å²) in [6.45, 7) is 0. The van der Waals surface area contributed by atoms with Crippen molar-refractivity contribution in [2.45, 2.75) is 0 Å². The first-order valence-corrected chi connectivity index (χ1v) is 5.04. The summed E-state index contributed by atoms with van der Waals surface area (Å²) in [6.07, 6.45) is 12.7. The summed E-state index contributed by atoms with van der Waals surface area (Å²) in [5.74, 6) is 0.212. The van der Waals surface area contributed by atoms with Crippen LogP contribution in [0.2, 0.25) is 0 Å². The molecule has 2 aliphatic rings. The first kappa shape index (κ1) is 10.4. The lowest BCUT2D eigenvalue weighted by molar-refractivity contribution is -0.106. The maximum Gasteiger partial charge on any atom is 0.165 e. The van der Waals surface area contributed by atoms with E-state index in [1.807, 2.05) is 24.3 Å². The molecule has 82 valence electrons. The molecule has 4 nitrogen and oxygen atoms in total. The maximum absolute atomic E-state index is 10.6. The van der Waals surface area contributed by atoms with E-state index >= 15 is 0 Å². The smallest absolute Gasteiger partial charge is 0.165 e. The molecule has 0 aliphatic carbocycles. The van der Waals surface area contributed by atoms with Gasteiger partial charge in [-0.3, -0.25) is 9.59 Å². The van der Waals surface area contributed by atoms with E-state index in [4.69, 9.17) is 0 Å². The number of rotatable bonds is 3. The van der Waals surface area contributed by atoms with Crippen molar-refractivity contribution in [1.29, 1.82) is 0 Å². The predicted octanol–water partition coefficient (Wildman–Crippen LogP) is 0.618. The van der Waals surface area contributed by atoms with Gasteiger partial charge in [0.05, 0.1) is 11.4 Å². The SMILES string of the molecule is O=CC1=CC(C2C=CNC(C=O)=C2)C=CN1. The highest BCUT2D eigenvalue weighted by Gasteiger charge is 2.18. The van der Waals surface area contributed by atoms with Crippen LogP contribution in [0.4, 0.5) is 0 Å². The molecule has 2 unspecified atom stereocenters. The van der Waals surface area contributed by atoms with Crippen LogP contribution < -0.4 is 10.6 Å². The standard InChI is InChI=1S/C12H12N2O2/c15-7-11-5-9(1-3-13-11)10-2-4-14-12(6-10)8-16/h1-10,13-14H. The van der Waals surface area contributed by atoms with E-state index in [9.17, 15) is 9.59 Å². The summed E-state index contributed by atoms with van der Waals surface area (Å²) in [5.41, 5.74) is 1.11. The topological polar surface area (TPSA) is 58.2 Å². The highest BCUT2D eigenvalue weighted by Crippen LogP contribution is 2.23. The van der Waals surface area contributed by atoms with Crippen molar-refractivity contribution in [2.24, 2.45) is 11.8 Å². The van der Waals surface area contributed by atoms with Crippen molar-refractivity contribution in [3.63, 3.8) is 0 Å². The van der Waals surface area contributed by atoms with Crippen LogP contribution in [0.25, 0.3) is 0 Å². The number of hydrogen-bond donors (Lipinski definition) is 2. The molecule has 0 fully saturated rings. The third kappa shape index (κ3) is 2.11. The van der Waals surface area contributed by atoms with Gasteiger partial charge in [0.1, 0.15) is 0 Å². The average molecular weight is 216 g/mol. The van der Waals surface area contributed by atoms with E-state index in [2.05, 4.69) is 10.6 Å². The minimum atomic E-state index is 0.106. The lowest BCUT2D eigenvalue weighted by atomic mass is 9.88. The van der Waals surface area contributed by atoms with Gasteiger partial charge in [-0.05, 0) is 24.6 Å². The number of allylic oxidation sites excluding steroid dienone is 6. The second-order valence-electron chi connectivity index (χ2n) is 3.64. The number of carbonyl (C=O) groups excluding carboxylic acids is 2. The molecule has 0 amide bonds. The Bertz CT molecular complexity index is 379. The molecule has 0 aromatic rings. The van der Waals surface area contributed by atoms with Gasteiger partial charge in [0, 0.05) is 11.8 Å². The molecule has 16 heavy (non-hydrogen) atoms. The molecule has 2 aliphatic heterocycles. The first-order chi connectivity index (χ1) is 7.83. The molecule has 0 aromatic heterocycles. The second-order valence-corrected chi connectivity index (χ2v) is 3.64. The summed E-state index contributed by atoms with van der Waals surface area (Å²) >= 11 is 0. The van der Waals surface area contributed by atoms with E-state index < -0.39 is 0 Å². The Kier molecular flexibility index (Phi) is 3.00. The Morgan fingerprint density at radius 2 is 1.31 bits per heavy atom. The molecule has 2 N–H and O–H groups in total. The zero-order valence-corrected chi connectivity index (χ0v) is 8.59. The Labute approximate surface area is 93.4 Å². The van der Waals surface area contributed by atoms with E-state index in [1.165, 1.54) is 0 Å². The fraction of sp³-hybridized carbons (Fsp3) is 0.167. The summed E-state index contributed by atoms with van der Waals surface area (Å²) in [5, 5.41) is 5.69. The normalized spacial score (nSPS) is 27.2. The number of nitrogens with one attached hydrogen (secondary N) is 2. The molecule has 2 rings (SSSR count). The minimum absolute atomic E-state index is 0.106. The van der Waals surface area contributed by atoms with E-state index in [0.717, 1.165) is 12.6 Å². The van der Waals surface area contributed by atoms with Crippen molar-refractivity contribution in [2.75, 3.05) is 0 Å². The molecule has 0 radical (unpaired) electrons. The van der Waals surface area contributed by atoms with Gasteiger partial charge in [0.25, 0.3) is 0 Å². The van der Waals surface area contributed by atoms with Gasteiger partial charge in [-0.2, -0.15) is 0 Å². The first-order valence-electron chi connectivity index (χ1n) is 5.04. The largest absolute Gasteiger partial charge is 0.360 e. The minimum Gasteiger partial charge on any atom is -0.360 e. The number of dihydropyridines is 2. The van der Waals surface area contributed by atoms with Gasteiger partial charge >= 0.3 is 0 Å². The van der Waals surface area contributed by atoms with E-state index in [0.29, 0.717) is 11.4 Å². The number of hydrogen-bond acceptors (Lipinski definition) is 4. The van der Waals surface area contributed by atoms with Gasteiger partial charge < -0.3 is 10.6 Å². The third-order valence-corrected chi connectivity index (χ3v) is 2.58. The zero-order chi connectivity index (χ0) is 11.4. The Morgan fingerprint density at radius 3 is 1.69 bits per heavy atom. The molecule has 4 heteroatoms. The number of carbonyl (C=O) groups is 2. The molecular formula is C12H12N2O2. The van der Waals surface area contributed by atoms with Gasteiger partial charge in [-0.25, -0.2) is 0 Å². The van der Waals surface area contributed by atoms with Crippen LogP contribution >= 0.6 is 0 Å². The molecule has 0 saturated heterocycles. The quantitative estimate of drug-likeness (QED) is 0.679. The summed E-state index contributed by atoms with van der Waals surface area (Å²) < 4.78 is 0. The summed E-state index contributed by atoms with van der Waals surface area (Å²) in [4.78, 5) is 21.3. The van der Waals surface area contributed by atoms with Gasteiger partial charge in [0.15, 0.2) is 12.6 Å². The monoisotopic (exact) mass is 216 g/mol. The molecule has 0 spiro atoms. The molecule has 0 aromatic carbocycles. The van der Waals surface area contributed by atoms with Crippen LogP contribution in [0.15, 0.2) is 48.1 Å². The van der Waals surface area contributed by atoms with Crippen LogP contribution in [-0.2, 0) is 9.59 Å². The number of aldehydes is 2. The third-order valence-electron chi connectivity index (χ3n) is 2.58. The average Bonchev–Trinajstić information content (AvgIpc) is 2.39. The maximum atomic E-state index is 10.6. The van der Waals surface area contributed by atoms with Crippen LogP contribution in [0.5, 0.6) is 0 Å². The highest BCUT2D eigenvalue weighted by molar-refractivity contribution is 5.74. The van der Waals surface area contributed by atoms with Crippen molar-refractivity contribution >= 4 is 12.6 Å². The second kappa shape index (κ2) is 4.61. The van der Waals surface area contributed by atoms with Gasteiger partial charge in [0.2, 0.25) is 0 Å². The van der Waals surface area contributed by atoms with Crippen molar-refractivity contribution in [3.05, 3.63) is 48.1 Å². The molecule has 2 heterocycles. The molecule has 0 saturated carbocycles. The summed E-state index contributed by atoms with van der Waals surface area (Å²) in [6, 6.07) is 0. The predicted molar refractivity (Wildman–Crippen MR) is 59.8 cm³/mol. The van der Waals surface area contributed by atoms with Gasteiger partial charge in [-0.1, -0.05) is 12.2 Å². The molecular weight excluding hydrogens is 204 g/mol. The van der Waals surface area contributed by atoms with Gasteiger partial charge in [-0.15, -0.1) is 0 Å². The highest BCUT2D eigenvalue weighted by atomic mass is 16.1. The Hall–Kier alpha value is -2.10. The molecule has 0 bridgehead atoms. The van der Waals surface area contributed by atoms with Crippen molar-refractivity contribution < 1.29 is 9.59 Å². The van der Waals surface area contributed by atoms with Crippen molar-refractivity contribution in [1.82, 2.24) is 10.6 Å². The van der Waals surface area contributed by atoms with Crippen LogP contribution in [-0.4, -0.2) is 12.6 Å². The fourth-order valence-corrected chi connectivity index (χ4v) is 1.76. The van der Waals surface area contributed by atoms with Crippen LogP contribution in [0.3, 0.4) is 0 Å². The lowest BCUT2D eigenvalue weighted by Crippen LogP contribution is -2.21. The Morgan fingerprint density at radius 1 is 0.875 bits per heavy atom.